The number of methoxy groups -OCH3 is 1. The van der Waals surface area contributed by atoms with Crippen molar-refractivity contribution >= 4 is 18.3 Å². The number of halogens is 1. The molecule has 1 saturated carbocycles. The van der Waals surface area contributed by atoms with Crippen molar-refractivity contribution in [3.63, 3.8) is 0 Å². The summed E-state index contributed by atoms with van der Waals surface area (Å²) in [6, 6.07) is 6.38. The molecule has 1 N–H and O–H groups in total. The minimum absolute atomic E-state index is 0. The van der Waals surface area contributed by atoms with E-state index in [1.54, 1.807) is 7.11 Å². The van der Waals surface area contributed by atoms with Crippen LogP contribution < -0.4 is 10.1 Å². The third-order valence-electron chi connectivity index (χ3n) is 7.27. The predicted molar refractivity (Wildman–Crippen MR) is 111 cm³/mol. The van der Waals surface area contributed by atoms with Gasteiger partial charge in [0, 0.05) is 19.6 Å². The Morgan fingerprint density at radius 1 is 1.11 bits per heavy atom. The van der Waals surface area contributed by atoms with Crippen LogP contribution >= 0.6 is 12.4 Å². The van der Waals surface area contributed by atoms with Gasteiger partial charge in [0.15, 0.2) is 0 Å². The SMILES string of the molecule is COc1cc(C2(C(=O)N3CCC4(CCNC4)CC3)CCCC2)ccc1C.Cl. The molecule has 3 aliphatic rings. The van der Waals surface area contributed by atoms with Crippen LogP contribution in [-0.2, 0) is 10.2 Å². The summed E-state index contributed by atoms with van der Waals surface area (Å²) in [5, 5.41) is 3.52. The molecule has 2 saturated heterocycles. The van der Waals surface area contributed by atoms with E-state index in [-0.39, 0.29) is 17.8 Å². The molecule has 150 valence electrons. The first kappa shape index (κ1) is 20.5. The van der Waals surface area contributed by atoms with Gasteiger partial charge in [0.05, 0.1) is 12.5 Å². The second-order valence-corrected chi connectivity index (χ2v) is 8.69. The van der Waals surface area contributed by atoms with E-state index in [2.05, 4.69) is 35.3 Å². The number of amides is 1. The van der Waals surface area contributed by atoms with E-state index in [9.17, 15) is 4.79 Å². The zero-order chi connectivity index (χ0) is 18.2. The molecule has 5 heteroatoms. The first-order valence-corrected chi connectivity index (χ1v) is 10.2. The molecule has 1 spiro atoms. The van der Waals surface area contributed by atoms with Gasteiger partial charge in [0.1, 0.15) is 5.75 Å². The largest absolute Gasteiger partial charge is 0.496 e. The zero-order valence-electron chi connectivity index (χ0n) is 16.7. The van der Waals surface area contributed by atoms with E-state index in [1.807, 2.05) is 0 Å². The Balaban J connectivity index is 0.00000210. The molecule has 1 aromatic rings. The first-order valence-electron chi connectivity index (χ1n) is 10.2. The number of hydrogen-bond donors (Lipinski definition) is 1. The van der Waals surface area contributed by atoms with Crippen LogP contribution in [-0.4, -0.2) is 44.1 Å². The molecule has 4 rings (SSSR count). The molecule has 1 aliphatic carbocycles. The molecule has 0 unspecified atom stereocenters. The van der Waals surface area contributed by atoms with E-state index in [1.165, 1.54) is 6.42 Å². The minimum Gasteiger partial charge on any atom is -0.496 e. The highest BCUT2D eigenvalue weighted by atomic mass is 35.5. The summed E-state index contributed by atoms with van der Waals surface area (Å²) < 4.78 is 5.55. The Labute approximate surface area is 169 Å². The van der Waals surface area contributed by atoms with Crippen molar-refractivity contribution in [2.75, 3.05) is 33.3 Å². The number of carbonyl (C=O) groups is 1. The maximum atomic E-state index is 13.7. The van der Waals surface area contributed by atoms with Crippen LogP contribution in [0.5, 0.6) is 5.75 Å². The number of benzene rings is 1. The standard InChI is InChI=1S/C22H32N2O2.ClH/c1-17-5-6-18(15-19(17)26-2)22(7-3-4-8-22)20(25)24-13-10-21(11-14-24)9-12-23-16-21;/h5-6,15,23H,3-4,7-14,16H2,1-2H3;1H. The molecule has 4 nitrogen and oxygen atoms in total. The molecule has 0 radical (unpaired) electrons. The number of carbonyl (C=O) groups excluding carboxylic acids is 1. The maximum Gasteiger partial charge on any atom is 0.233 e. The summed E-state index contributed by atoms with van der Waals surface area (Å²) in [6.45, 7) is 6.18. The Kier molecular flexibility index (Phi) is 6.07. The zero-order valence-corrected chi connectivity index (χ0v) is 17.5. The molecule has 0 bridgehead atoms. The fraction of sp³-hybridized carbons (Fsp3) is 0.682. The van der Waals surface area contributed by atoms with Gasteiger partial charge in [-0.2, -0.15) is 0 Å². The Hall–Kier alpha value is -1.26. The number of rotatable bonds is 3. The van der Waals surface area contributed by atoms with Crippen LogP contribution in [0.4, 0.5) is 0 Å². The number of aryl methyl sites for hydroxylation is 1. The van der Waals surface area contributed by atoms with Crippen molar-refractivity contribution in [2.24, 2.45) is 5.41 Å². The molecule has 0 aromatic heterocycles. The van der Waals surface area contributed by atoms with E-state index in [0.717, 1.165) is 81.6 Å². The predicted octanol–water partition coefficient (Wildman–Crippen LogP) is 3.84. The smallest absolute Gasteiger partial charge is 0.233 e. The number of piperidine rings is 1. The van der Waals surface area contributed by atoms with Crippen LogP contribution in [0.2, 0.25) is 0 Å². The van der Waals surface area contributed by atoms with Crippen molar-refractivity contribution in [3.8, 4) is 5.75 Å². The fourth-order valence-corrected chi connectivity index (χ4v) is 5.43. The van der Waals surface area contributed by atoms with Gasteiger partial charge >= 0.3 is 0 Å². The van der Waals surface area contributed by atoms with Gasteiger partial charge in [-0.25, -0.2) is 0 Å². The molecule has 1 aromatic carbocycles. The average molecular weight is 393 g/mol. The Morgan fingerprint density at radius 2 is 1.81 bits per heavy atom. The molecule has 1 amide bonds. The molecule has 27 heavy (non-hydrogen) atoms. The van der Waals surface area contributed by atoms with E-state index in [4.69, 9.17) is 4.74 Å². The molecule has 3 fully saturated rings. The highest BCUT2D eigenvalue weighted by Gasteiger charge is 2.47. The van der Waals surface area contributed by atoms with Gasteiger partial charge in [0.2, 0.25) is 5.91 Å². The fourth-order valence-electron chi connectivity index (χ4n) is 5.43. The van der Waals surface area contributed by atoms with E-state index >= 15 is 0 Å². The lowest BCUT2D eigenvalue weighted by Gasteiger charge is -2.42. The molecular weight excluding hydrogens is 360 g/mol. The van der Waals surface area contributed by atoms with Gasteiger partial charge in [-0.15, -0.1) is 12.4 Å². The third-order valence-corrected chi connectivity index (χ3v) is 7.27. The lowest BCUT2D eigenvalue weighted by Crippen LogP contribution is -2.51. The Bertz CT molecular complexity index is 669. The maximum absolute atomic E-state index is 13.7. The average Bonchev–Trinajstić information content (AvgIpc) is 3.33. The number of likely N-dealkylation sites (tertiary alicyclic amines) is 1. The summed E-state index contributed by atoms with van der Waals surface area (Å²) in [5.41, 5.74) is 2.40. The van der Waals surface area contributed by atoms with Gasteiger partial charge in [0.25, 0.3) is 0 Å². The quantitative estimate of drug-likeness (QED) is 0.849. The molecular formula is C22H33ClN2O2. The van der Waals surface area contributed by atoms with E-state index < -0.39 is 0 Å². The molecule has 2 aliphatic heterocycles. The van der Waals surface area contributed by atoms with Crippen LogP contribution in [0.3, 0.4) is 0 Å². The van der Waals surface area contributed by atoms with Crippen molar-refractivity contribution in [3.05, 3.63) is 29.3 Å². The topological polar surface area (TPSA) is 41.6 Å². The minimum atomic E-state index is -0.334. The number of ether oxygens (including phenoxy) is 1. The summed E-state index contributed by atoms with van der Waals surface area (Å²) >= 11 is 0. The molecule has 2 heterocycles. The van der Waals surface area contributed by atoms with Gasteiger partial charge in [-0.05, 0) is 68.2 Å². The summed E-state index contributed by atoms with van der Waals surface area (Å²) in [5.74, 6) is 1.26. The van der Waals surface area contributed by atoms with Crippen LogP contribution in [0.25, 0.3) is 0 Å². The van der Waals surface area contributed by atoms with Crippen molar-refractivity contribution in [1.82, 2.24) is 10.2 Å². The molecule has 0 atom stereocenters. The number of nitrogens with one attached hydrogen (secondary N) is 1. The normalized spacial score (nSPS) is 23.3. The number of hydrogen-bond acceptors (Lipinski definition) is 3. The third kappa shape index (κ3) is 3.58. The van der Waals surface area contributed by atoms with Crippen molar-refractivity contribution in [1.29, 1.82) is 0 Å². The number of nitrogens with zero attached hydrogens (tertiary/aromatic N) is 1. The van der Waals surface area contributed by atoms with Crippen LogP contribution in [0.15, 0.2) is 18.2 Å². The van der Waals surface area contributed by atoms with Gasteiger partial charge in [-0.3, -0.25) is 4.79 Å². The van der Waals surface area contributed by atoms with Gasteiger partial charge < -0.3 is 15.0 Å². The lowest BCUT2D eigenvalue weighted by molar-refractivity contribution is -0.139. The monoisotopic (exact) mass is 392 g/mol. The summed E-state index contributed by atoms with van der Waals surface area (Å²) in [6.07, 6.45) is 7.81. The second kappa shape index (κ2) is 8.00. The second-order valence-electron chi connectivity index (χ2n) is 8.69. The highest BCUT2D eigenvalue weighted by molar-refractivity contribution is 5.89. The van der Waals surface area contributed by atoms with Crippen LogP contribution in [0, 0.1) is 12.3 Å². The first-order chi connectivity index (χ1) is 12.6. The summed E-state index contributed by atoms with van der Waals surface area (Å²) in [7, 11) is 1.72. The highest BCUT2D eigenvalue weighted by Crippen LogP contribution is 2.45. The summed E-state index contributed by atoms with van der Waals surface area (Å²) in [4.78, 5) is 15.8. The van der Waals surface area contributed by atoms with Gasteiger partial charge in [-0.1, -0.05) is 25.0 Å². The van der Waals surface area contributed by atoms with Crippen LogP contribution in [0.1, 0.15) is 56.1 Å². The van der Waals surface area contributed by atoms with Crippen molar-refractivity contribution in [2.45, 2.75) is 57.3 Å². The van der Waals surface area contributed by atoms with Crippen molar-refractivity contribution < 1.29 is 9.53 Å². The van der Waals surface area contributed by atoms with E-state index in [0.29, 0.717) is 11.3 Å². The Morgan fingerprint density at radius 3 is 2.41 bits per heavy atom. The lowest BCUT2D eigenvalue weighted by atomic mass is 9.74.